The van der Waals surface area contributed by atoms with Gasteiger partial charge in [-0.05, 0) is 54.1 Å². The maximum Gasteiger partial charge on any atom is 0.250 e. The van der Waals surface area contributed by atoms with Gasteiger partial charge in [0.05, 0.1) is 12.0 Å². The highest BCUT2D eigenvalue weighted by Gasteiger charge is 2.17. The van der Waals surface area contributed by atoms with Gasteiger partial charge in [0.1, 0.15) is 5.75 Å². The molecule has 0 bridgehead atoms. The summed E-state index contributed by atoms with van der Waals surface area (Å²) in [5.74, 6) is 0.661. The van der Waals surface area contributed by atoms with E-state index in [2.05, 4.69) is 25.7 Å². The molecule has 0 saturated carbocycles. The van der Waals surface area contributed by atoms with Gasteiger partial charge in [-0.2, -0.15) is 5.10 Å². The molecule has 0 aliphatic rings. The fourth-order valence-electron chi connectivity index (χ4n) is 2.76. The maximum atomic E-state index is 12.2. The smallest absolute Gasteiger partial charge is 0.250 e. The van der Waals surface area contributed by atoms with E-state index in [-0.39, 0.29) is 17.4 Å². The Balaban J connectivity index is 1.47. The molecule has 0 saturated heterocycles. The first kappa shape index (κ1) is 20.3. The SMILES string of the molecule is O=C(CSc1nnc(-c2cccnc2)n1-c1ccccc1)N/N=C/c1ccc(O)cc1. The number of hydrazone groups is 1. The molecule has 154 valence electrons. The molecule has 4 aromatic rings. The van der Waals surface area contributed by atoms with Crippen LogP contribution in [0.4, 0.5) is 0 Å². The first-order valence-corrected chi connectivity index (χ1v) is 10.3. The van der Waals surface area contributed by atoms with Crippen LogP contribution in [-0.4, -0.2) is 42.7 Å². The molecule has 2 aromatic carbocycles. The van der Waals surface area contributed by atoms with Gasteiger partial charge in [-0.15, -0.1) is 10.2 Å². The van der Waals surface area contributed by atoms with Gasteiger partial charge in [-0.3, -0.25) is 14.3 Å². The van der Waals surface area contributed by atoms with Crippen LogP contribution in [0.5, 0.6) is 5.75 Å². The Labute approximate surface area is 182 Å². The monoisotopic (exact) mass is 430 g/mol. The second kappa shape index (κ2) is 9.68. The van der Waals surface area contributed by atoms with Crippen molar-refractivity contribution in [1.29, 1.82) is 0 Å². The van der Waals surface area contributed by atoms with E-state index in [4.69, 9.17) is 0 Å². The predicted molar refractivity (Wildman–Crippen MR) is 119 cm³/mol. The van der Waals surface area contributed by atoms with Gasteiger partial charge < -0.3 is 5.11 Å². The van der Waals surface area contributed by atoms with Gasteiger partial charge in [0, 0.05) is 23.6 Å². The number of pyridine rings is 1. The molecule has 0 aliphatic carbocycles. The van der Waals surface area contributed by atoms with E-state index in [9.17, 15) is 9.90 Å². The maximum absolute atomic E-state index is 12.2. The minimum Gasteiger partial charge on any atom is -0.508 e. The second-order valence-corrected chi connectivity index (χ2v) is 7.33. The Morgan fingerprint density at radius 1 is 1.06 bits per heavy atom. The number of phenolic OH excluding ortho intramolecular Hbond substituents is 1. The third-order valence-electron chi connectivity index (χ3n) is 4.20. The number of hydrogen-bond donors (Lipinski definition) is 2. The van der Waals surface area contributed by atoms with Gasteiger partial charge in [-0.25, -0.2) is 5.43 Å². The molecule has 0 atom stereocenters. The summed E-state index contributed by atoms with van der Waals surface area (Å²) in [5.41, 5.74) is 4.97. The Hall–Kier alpha value is -3.98. The fraction of sp³-hybridized carbons (Fsp3) is 0.0455. The number of hydrogen-bond acceptors (Lipinski definition) is 7. The van der Waals surface area contributed by atoms with E-state index in [0.29, 0.717) is 11.0 Å². The zero-order valence-electron chi connectivity index (χ0n) is 16.3. The normalized spacial score (nSPS) is 11.0. The van der Waals surface area contributed by atoms with Gasteiger partial charge in [0.25, 0.3) is 5.91 Å². The molecule has 0 spiro atoms. The summed E-state index contributed by atoms with van der Waals surface area (Å²) in [4.78, 5) is 16.4. The van der Waals surface area contributed by atoms with Gasteiger partial charge in [0.15, 0.2) is 11.0 Å². The number of aromatic hydroxyl groups is 1. The van der Waals surface area contributed by atoms with E-state index >= 15 is 0 Å². The molecule has 0 unspecified atom stereocenters. The van der Waals surface area contributed by atoms with Crippen molar-refractivity contribution in [2.75, 3.05) is 5.75 Å². The molecule has 0 fully saturated rings. The molecule has 0 radical (unpaired) electrons. The number of carbonyl (C=O) groups excluding carboxylic acids is 1. The van der Waals surface area contributed by atoms with Crippen molar-refractivity contribution in [3.8, 4) is 22.8 Å². The van der Waals surface area contributed by atoms with Crippen LogP contribution in [0.15, 0.2) is 89.4 Å². The molecular weight excluding hydrogens is 412 g/mol. The van der Waals surface area contributed by atoms with Crippen LogP contribution >= 0.6 is 11.8 Å². The Kier molecular flexibility index (Phi) is 6.34. The molecule has 1 amide bonds. The summed E-state index contributed by atoms with van der Waals surface area (Å²) < 4.78 is 1.90. The average Bonchev–Trinajstić information content (AvgIpc) is 3.24. The lowest BCUT2D eigenvalue weighted by Gasteiger charge is -2.09. The van der Waals surface area contributed by atoms with Crippen LogP contribution in [0.3, 0.4) is 0 Å². The number of aromatic nitrogens is 4. The number of amides is 1. The molecule has 2 aromatic heterocycles. The number of phenols is 1. The molecule has 2 heterocycles. The summed E-state index contributed by atoms with van der Waals surface area (Å²) in [6, 6.07) is 20.0. The number of rotatable bonds is 7. The number of carbonyl (C=O) groups is 1. The molecule has 31 heavy (non-hydrogen) atoms. The summed E-state index contributed by atoms with van der Waals surface area (Å²) in [6.07, 6.45) is 4.93. The molecule has 0 aliphatic heterocycles. The number of benzene rings is 2. The standard InChI is InChI=1S/C22H18N6O2S/c29-19-10-8-16(9-11-19)13-24-25-20(30)15-31-22-27-26-21(17-5-4-12-23-14-17)28(22)18-6-2-1-3-7-18/h1-14,29H,15H2,(H,25,30)/b24-13+. The predicted octanol–water partition coefficient (Wildman–Crippen LogP) is 3.28. The van der Waals surface area contributed by atoms with E-state index in [0.717, 1.165) is 16.8 Å². The van der Waals surface area contributed by atoms with Crippen molar-refractivity contribution in [2.45, 2.75) is 5.16 Å². The van der Waals surface area contributed by atoms with E-state index < -0.39 is 0 Å². The van der Waals surface area contributed by atoms with Crippen molar-refractivity contribution < 1.29 is 9.90 Å². The summed E-state index contributed by atoms with van der Waals surface area (Å²) in [7, 11) is 0. The van der Waals surface area contributed by atoms with Crippen LogP contribution < -0.4 is 5.43 Å². The molecule has 4 rings (SSSR count). The van der Waals surface area contributed by atoms with Crippen LogP contribution in [0, 0.1) is 0 Å². The number of nitrogens with zero attached hydrogens (tertiary/aromatic N) is 5. The quantitative estimate of drug-likeness (QED) is 0.265. The highest BCUT2D eigenvalue weighted by atomic mass is 32.2. The molecule has 9 heteroatoms. The summed E-state index contributed by atoms with van der Waals surface area (Å²) in [5, 5.41) is 22.4. The zero-order valence-corrected chi connectivity index (χ0v) is 17.1. The van der Waals surface area contributed by atoms with Gasteiger partial charge >= 0.3 is 0 Å². The minimum atomic E-state index is -0.273. The first-order chi connectivity index (χ1) is 15.2. The molecule has 2 N–H and O–H groups in total. The highest BCUT2D eigenvalue weighted by molar-refractivity contribution is 7.99. The van der Waals surface area contributed by atoms with Crippen molar-refractivity contribution in [3.63, 3.8) is 0 Å². The highest BCUT2D eigenvalue weighted by Crippen LogP contribution is 2.27. The Morgan fingerprint density at radius 3 is 2.61 bits per heavy atom. The number of nitrogens with one attached hydrogen (secondary N) is 1. The zero-order chi connectivity index (χ0) is 21.5. The van der Waals surface area contributed by atoms with Crippen molar-refractivity contribution in [1.82, 2.24) is 25.2 Å². The summed E-state index contributed by atoms with van der Waals surface area (Å²) >= 11 is 1.26. The average molecular weight is 430 g/mol. The number of para-hydroxylation sites is 1. The lowest BCUT2D eigenvalue weighted by Crippen LogP contribution is -2.20. The first-order valence-electron chi connectivity index (χ1n) is 9.36. The lowest BCUT2D eigenvalue weighted by atomic mass is 10.2. The van der Waals surface area contributed by atoms with E-state index in [1.54, 1.807) is 36.7 Å². The van der Waals surface area contributed by atoms with Gasteiger partial charge in [0.2, 0.25) is 0 Å². The second-order valence-electron chi connectivity index (χ2n) is 6.39. The van der Waals surface area contributed by atoms with Gasteiger partial charge in [-0.1, -0.05) is 30.0 Å². The molecular formula is C22H18N6O2S. The Morgan fingerprint density at radius 2 is 1.87 bits per heavy atom. The van der Waals surface area contributed by atoms with Crippen LogP contribution in [0.1, 0.15) is 5.56 Å². The summed E-state index contributed by atoms with van der Waals surface area (Å²) in [6.45, 7) is 0. The van der Waals surface area contributed by atoms with Crippen LogP contribution in [0.25, 0.3) is 17.1 Å². The third-order valence-corrected chi connectivity index (χ3v) is 5.12. The largest absolute Gasteiger partial charge is 0.508 e. The Bertz CT molecular complexity index is 1180. The third kappa shape index (κ3) is 5.14. The van der Waals surface area contributed by atoms with Crippen molar-refractivity contribution in [3.05, 3.63) is 84.7 Å². The van der Waals surface area contributed by atoms with E-state index in [1.807, 2.05) is 47.0 Å². The molecule has 8 nitrogen and oxygen atoms in total. The minimum absolute atomic E-state index is 0.116. The fourth-order valence-corrected chi connectivity index (χ4v) is 3.50. The topological polar surface area (TPSA) is 105 Å². The van der Waals surface area contributed by atoms with E-state index in [1.165, 1.54) is 18.0 Å². The van der Waals surface area contributed by atoms with Crippen molar-refractivity contribution in [2.24, 2.45) is 5.10 Å². The number of thioether (sulfide) groups is 1. The van der Waals surface area contributed by atoms with Crippen LogP contribution in [0.2, 0.25) is 0 Å². The van der Waals surface area contributed by atoms with Crippen molar-refractivity contribution >= 4 is 23.9 Å². The lowest BCUT2D eigenvalue weighted by molar-refractivity contribution is -0.118. The van der Waals surface area contributed by atoms with Crippen LogP contribution in [-0.2, 0) is 4.79 Å².